The lowest BCUT2D eigenvalue weighted by molar-refractivity contribution is -0.118. The van der Waals surface area contributed by atoms with E-state index in [1.165, 1.54) is 4.88 Å². The van der Waals surface area contributed by atoms with Crippen molar-refractivity contribution in [3.05, 3.63) is 21.9 Å². The number of hydrogen-bond acceptors (Lipinski definition) is 3. The summed E-state index contributed by atoms with van der Waals surface area (Å²) >= 11 is 1.65. The van der Waals surface area contributed by atoms with Crippen molar-refractivity contribution in [3.8, 4) is 0 Å². The first kappa shape index (κ1) is 10.2. The van der Waals surface area contributed by atoms with E-state index >= 15 is 0 Å². The summed E-state index contributed by atoms with van der Waals surface area (Å²) in [6.07, 6.45) is 0. The van der Waals surface area contributed by atoms with Crippen molar-refractivity contribution in [2.75, 3.05) is 6.54 Å². The van der Waals surface area contributed by atoms with Gasteiger partial charge in [0.15, 0.2) is 0 Å². The molecule has 80 valence electrons. The van der Waals surface area contributed by atoms with Crippen LogP contribution in [0.1, 0.15) is 22.7 Å². The first-order valence-corrected chi connectivity index (χ1v) is 5.56. The van der Waals surface area contributed by atoms with Crippen molar-refractivity contribution < 1.29 is 9.59 Å². The third-order valence-electron chi connectivity index (χ3n) is 2.46. The maximum absolute atomic E-state index is 11.4. The van der Waals surface area contributed by atoms with Gasteiger partial charge in [-0.2, -0.15) is 0 Å². The van der Waals surface area contributed by atoms with Gasteiger partial charge in [-0.15, -0.1) is 11.3 Å². The fourth-order valence-electron chi connectivity index (χ4n) is 1.60. The molecule has 0 aromatic carbocycles. The number of imide groups is 1. The molecule has 0 spiro atoms. The molecule has 1 aromatic rings. The third-order valence-corrected chi connectivity index (χ3v) is 3.63. The van der Waals surface area contributed by atoms with Gasteiger partial charge in [0.05, 0.1) is 6.04 Å². The number of carbonyl (C=O) groups is 2. The number of amides is 3. The van der Waals surface area contributed by atoms with E-state index in [2.05, 4.69) is 5.32 Å². The van der Waals surface area contributed by atoms with Crippen LogP contribution in [0.15, 0.2) is 12.1 Å². The molecule has 0 radical (unpaired) electrons. The van der Waals surface area contributed by atoms with Crippen LogP contribution in [0.3, 0.4) is 0 Å². The maximum atomic E-state index is 11.4. The molecule has 2 heterocycles. The molecule has 1 aliphatic heterocycles. The van der Waals surface area contributed by atoms with Gasteiger partial charge in [0.2, 0.25) is 5.91 Å². The number of urea groups is 1. The second-order valence-electron chi connectivity index (χ2n) is 3.61. The number of thiophene rings is 1. The molecule has 0 saturated carbocycles. The Hall–Kier alpha value is -1.36. The fourth-order valence-corrected chi connectivity index (χ4v) is 2.54. The Kier molecular flexibility index (Phi) is 2.48. The molecule has 3 amide bonds. The van der Waals surface area contributed by atoms with Gasteiger partial charge in [0.1, 0.15) is 6.54 Å². The highest BCUT2D eigenvalue weighted by Gasteiger charge is 2.31. The Morgan fingerprint density at radius 1 is 1.47 bits per heavy atom. The summed E-state index contributed by atoms with van der Waals surface area (Å²) in [6, 6.07) is 3.70. The zero-order valence-electron chi connectivity index (χ0n) is 8.61. The minimum atomic E-state index is -0.293. The van der Waals surface area contributed by atoms with Crippen LogP contribution in [0.5, 0.6) is 0 Å². The van der Waals surface area contributed by atoms with Crippen molar-refractivity contribution in [3.63, 3.8) is 0 Å². The van der Waals surface area contributed by atoms with Crippen LogP contribution in [0.25, 0.3) is 0 Å². The zero-order valence-corrected chi connectivity index (χ0v) is 9.43. The van der Waals surface area contributed by atoms with Crippen LogP contribution in [0.2, 0.25) is 0 Å². The third kappa shape index (κ3) is 1.87. The van der Waals surface area contributed by atoms with Crippen molar-refractivity contribution in [1.29, 1.82) is 0 Å². The van der Waals surface area contributed by atoms with E-state index in [4.69, 9.17) is 0 Å². The summed E-state index contributed by atoms with van der Waals surface area (Å²) in [5.74, 6) is -0.222. The predicted molar refractivity (Wildman–Crippen MR) is 57.7 cm³/mol. The molecule has 1 aromatic heterocycles. The van der Waals surface area contributed by atoms with Gasteiger partial charge >= 0.3 is 6.03 Å². The zero-order chi connectivity index (χ0) is 11.0. The lowest BCUT2D eigenvalue weighted by atomic mass is 10.2. The first-order valence-electron chi connectivity index (χ1n) is 4.74. The largest absolute Gasteiger partial charge is 0.325 e. The molecule has 1 N–H and O–H groups in total. The SMILES string of the molecule is Cc1ccc(C(C)N2CC(=O)NC2=O)s1. The molecular weight excluding hydrogens is 212 g/mol. The summed E-state index contributed by atoms with van der Waals surface area (Å²) in [4.78, 5) is 26.3. The second-order valence-corrected chi connectivity index (χ2v) is 4.93. The van der Waals surface area contributed by atoms with Gasteiger partial charge in [-0.25, -0.2) is 4.79 Å². The Bertz CT molecular complexity index is 413. The Morgan fingerprint density at radius 3 is 2.67 bits per heavy atom. The standard InChI is InChI=1S/C10H12N2O2S/c1-6-3-4-8(15-6)7(2)12-5-9(13)11-10(12)14/h3-4,7H,5H2,1-2H3,(H,11,13,14). The molecule has 2 rings (SSSR count). The van der Waals surface area contributed by atoms with Crippen LogP contribution in [0, 0.1) is 6.92 Å². The molecular formula is C10H12N2O2S. The summed E-state index contributed by atoms with van der Waals surface area (Å²) in [7, 11) is 0. The highest BCUT2D eigenvalue weighted by molar-refractivity contribution is 7.12. The molecule has 1 fully saturated rings. The van der Waals surface area contributed by atoms with Gasteiger partial charge in [-0.05, 0) is 26.0 Å². The summed E-state index contributed by atoms with van der Waals surface area (Å²) in [5.41, 5.74) is 0. The van der Waals surface area contributed by atoms with Gasteiger partial charge in [-0.3, -0.25) is 10.1 Å². The average Bonchev–Trinajstić information content (AvgIpc) is 2.71. The highest BCUT2D eigenvalue weighted by atomic mass is 32.1. The summed E-state index contributed by atoms with van der Waals surface area (Å²) in [6.45, 7) is 4.12. The van der Waals surface area contributed by atoms with Gasteiger partial charge < -0.3 is 4.90 Å². The number of hydrogen-bond donors (Lipinski definition) is 1. The van der Waals surface area contributed by atoms with E-state index in [9.17, 15) is 9.59 Å². The molecule has 5 heteroatoms. The first-order chi connectivity index (χ1) is 7.08. The quantitative estimate of drug-likeness (QED) is 0.777. The Labute approximate surface area is 91.9 Å². The molecule has 1 saturated heterocycles. The van der Waals surface area contributed by atoms with Crippen molar-refractivity contribution in [1.82, 2.24) is 10.2 Å². The molecule has 0 aliphatic carbocycles. The molecule has 0 bridgehead atoms. The van der Waals surface area contributed by atoms with E-state index in [-0.39, 0.29) is 24.5 Å². The second kappa shape index (κ2) is 3.66. The molecule has 15 heavy (non-hydrogen) atoms. The van der Waals surface area contributed by atoms with Gasteiger partial charge in [0, 0.05) is 9.75 Å². The van der Waals surface area contributed by atoms with E-state index in [1.807, 2.05) is 26.0 Å². The van der Waals surface area contributed by atoms with Crippen molar-refractivity contribution in [2.24, 2.45) is 0 Å². The lowest BCUT2D eigenvalue weighted by Gasteiger charge is -2.20. The topological polar surface area (TPSA) is 49.4 Å². The summed E-state index contributed by atoms with van der Waals surface area (Å²) < 4.78 is 0. The van der Waals surface area contributed by atoms with Crippen LogP contribution in [-0.2, 0) is 4.79 Å². The van der Waals surface area contributed by atoms with Crippen molar-refractivity contribution >= 4 is 23.3 Å². The normalized spacial score (nSPS) is 18.1. The number of nitrogens with zero attached hydrogens (tertiary/aromatic N) is 1. The lowest BCUT2D eigenvalue weighted by Crippen LogP contribution is -2.30. The summed E-state index contributed by atoms with van der Waals surface area (Å²) in [5, 5.41) is 2.28. The molecule has 4 nitrogen and oxygen atoms in total. The minimum Gasteiger partial charge on any atom is -0.308 e. The fraction of sp³-hybridized carbons (Fsp3) is 0.400. The van der Waals surface area contributed by atoms with Crippen molar-refractivity contribution in [2.45, 2.75) is 19.9 Å². The van der Waals surface area contributed by atoms with Gasteiger partial charge in [-0.1, -0.05) is 0 Å². The molecule has 1 aliphatic rings. The van der Waals surface area contributed by atoms with E-state index in [1.54, 1.807) is 16.2 Å². The molecule has 1 atom stereocenters. The van der Waals surface area contributed by atoms with Crippen LogP contribution in [0.4, 0.5) is 4.79 Å². The van der Waals surface area contributed by atoms with Crippen LogP contribution < -0.4 is 5.32 Å². The van der Waals surface area contributed by atoms with Crippen LogP contribution >= 0.6 is 11.3 Å². The number of aryl methyl sites for hydroxylation is 1. The average molecular weight is 224 g/mol. The smallest absolute Gasteiger partial charge is 0.308 e. The van der Waals surface area contributed by atoms with E-state index < -0.39 is 0 Å². The van der Waals surface area contributed by atoms with E-state index in [0.29, 0.717) is 0 Å². The Balaban J connectivity index is 2.18. The number of carbonyl (C=O) groups excluding carboxylic acids is 2. The number of rotatable bonds is 2. The number of nitrogens with one attached hydrogen (secondary N) is 1. The Morgan fingerprint density at radius 2 is 2.20 bits per heavy atom. The molecule has 1 unspecified atom stereocenters. The monoisotopic (exact) mass is 224 g/mol. The van der Waals surface area contributed by atoms with Gasteiger partial charge in [0.25, 0.3) is 0 Å². The van der Waals surface area contributed by atoms with E-state index in [0.717, 1.165) is 4.88 Å². The minimum absolute atomic E-state index is 0.0323. The predicted octanol–water partition coefficient (Wildman–Crippen LogP) is 1.67. The maximum Gasteiger partial charge on any atom is 0.325 e. The van der Waals surface area contributed by atoms with Crippen LogP contribution in [-0.4, -0.2) is 23.4 Å². The highest BCUT2D eigenvalue weighted by Crippen LogP contribution is 2.28.